The van der Waals surface area contributed by atoms with Crippen LogP contribution in [0.4, 0.5) is 0 Å². The first-order chi connectivity index (χ1) is 4.74. The largest absolute Gasteiger partial charge is 0.372 e. The van der Waals surface area contributed by atoms with Crippen molar-refractivity contribution >= 4 is 0 Å². The maximum atomic E-state index is 8.44. The van der Waals surface area contributed by atoms with Crippen LogP contribution in [0.1, 0.15) is 13.8 Å². The van der Waals surface area contributed by atoms with E-state index in [9.17, 15) is 0 Å². The third kappa shape index (κ3) is 1.47. The van der Waals surface area contributed by atoms with Gasteiger partial charge in [-0.15, -0.1) is 0 Å². The molecule has 0 saturated carbocycles. The van der Waals surface area contributed by atoms with Gasteiger partial charge in [-0.05, 0) is 13.8 Å². The predicted octanol–water partition coefficient (Wildman–Crippen LogP) is 0.702. The lowest BCUT2D eigenvalue weighted by atomic mass is 10.2. The summed E-state index contributed by atoms with van der Waals surface area (Å²) in [5.41, 5.74) is 0. The van der Waals surface area contributed by atoms with Gasteiger partial charge in [0.25, 0.3) is 0 Å². The average molecular weight is 141 g/mol. The van der Waals surface area contributed by atoms with E-state index in [1.54, 1.807) is 0 Å². The van der Waals surface area contributed by atoms with Crippen molar-refractivity contribution in [2.45, 2.75) is 32.2 Å². The second kappa shape index (κ2) is 3.00. The molecule has 3 nitrogen and oxygen atoms in total. The van der Waals surface area contributed by atoms with E-state index in [4.69, 9.17) is 14.7 Å². The zero-order chi connectivity index (χ0) is 7.56. The van der Waals surface area contributed by atoms with E-state index in [1.165, 1.54) is 0 Å². The van der Waals surface area contributed by atoms with Crippen molar-refractivity contribution in [3.05, 3.63) is 0 Å². The van der Waals surface area contributed by atoms with Crippen LogP contribution in [0.2, 0.25) is 0 Å². The van der Waals surface area contributed by atoms with Crippen molar-refractivity contribution in [2.24, 2.45) is 0 Å². The summed E-state index contributed by atoms with van der Waals surface area (Å²) in [6.07, 6.45) is -0.214. The van der Waals surface area contributed by atoms with Crippen molar-refractivity contribution in [2.75, 3.05) is 6.61 Å². The van der Waals surface area contributed by atoms with E-state index < -0.39 is 0 Å². The van der Waals surface area contributed by atoms with Crippen LogP contribution >= 0.6 is 0 Å². The van der Waals surface area contributed by atoms with Crippen molar-refractivity contribution in [3.8, 4) is 6.07 Å². The van der Waals surface area contributed by atoms with Gasteiger partial charge >= 0.3 is 0 Å². The Balaban J connectivity index is 2.42. The monoisotopic (exact) mass is 141 g/mol. The highest BCUT2D eigenvalue weighted by atomic mass is 16.6. The van der Waals surface area contributed by atoms with Gasteiger partial charge in [-0.1, -0.05) is 0 Å². The van der Waals surface area contributed by atoms with Gasteiger partial charge in [-0.25, -0.2) is 0 Å². The molecule has 0 aromatic carbocycles. The molecular weight excluding hydrogens is 130 g/mol. The summed E-state index contributed by atoms with van der Waals surface area (Å²) in [6, 6.07) is 2.01. The van der Waals surface area contributed by atoms with Gasteiger partial charge in [0.15, 0.2) is 6.10 Å². The van der Waals surface area contributed by atoms with Gasteiger partial charge in [-0.2, -0.15) is 5.26 Å². The minimum absolute atomic E-state index is 0.0402. The van der Waals surface area contributed by atoms with Crippen LogP contribution in [0.15, 0.2) is 0 Å². The minimum Gasteiger partial charge on any atom is -0.372 e. The van der Waals surface area contributed by atoms with E-state index in [0.717, 1.165) is 0 Å². The van der Waals surface area contributed by atoms with Crippen LogP contribution in [0.3, 0.4) is 0 Å². The molecule has 3 atom stereocenters. The standard InChI is InChI=1S/C7H11NO2/c1-5-6(2)10-7(3-8)4-9-5/h5-7H,4H2,1-2H3/t5-,6-,7-/m1/s1. The molecule has 10 heavy (non-hydrogen) atoms. The highest BCUT2D eigenvalue weighted by Crippen LogP contribution is 2.12. The smallest absolute Gasteiger partial charge is 0.167 e. The van der Waals surface area contributed by atoms with Crippen LogP contribution in [0.5, 0.6) is 0 Å². The molecule has 0 spiro atoms. The number of hydrogen-bond acceptors (Lipinski definition) is 3. The Labute approximate surface area is 60.5 Å². The van der Waals surface area contributed by atoms with E-state index >= 15 is 0 Å². The highest BCUT2D eigenvalue weighted by Gasteiger charge is 2.24. The Hall–Kier alpha value is -0.590. The van der Waals surface area contributed by atoms with Crippen LogP contribution < -0.4 is 0 Å². The van der Waals surface area contributed by atoms with Crippen molar-refractivity contribution < 1.29 is 9.47 Å². The molecular formula is C7H11NO2. The third-order valence-corrected chi connectivity index (χ3v) is 1.69. The molecule has 1 heterocycles. The quantitative estimate of drug-likeness (QED) is 0.498. The molecule has 0 amide bonds. The van der Waals surface area contributed by atoms with Gasteiger partial charge in [0, 0.05) is 0 Å². The Kier molecular flexibility index (Phi) is 2.25. The molecule has 1 aliphatic rings. The number of nitriles is 1. The highest BCUT2D eigenvalue weighted by molar-refractivity contribution is 4.87. The molecule has 0 aromatic heterocycles. The van der Waals surface area contributed by atoms with E-state index in [0.29, 0.717) is 6.61 Å². The van der Waals surface area contributed by atoms with Crippen molar-refractivity contribution in [1.82, 2.24) is 0 Å². The zero-order valence-corrected chi connectivity index (χ0v) is 6.20. The van der Waals surface area contributed by atoms with Crippen LogP contribution in [-0.4, -0.2) is 24.9 Å². The molecule has 1 fully saturated rings. The van der Waals surface area contributed by atoms with Crippen LogP contribution in [0, 0.1) is 11.3 Å². The maximum Gasteiger partial charge on any atom is 0.167 e. The van der Waals surface area contributed by atoms with E-state index in [-0.39, 0.29) is 18.3 Å². The molecule has 0 N–H and O–H groups in total. The zero-order valence-electron chi connectivity index (χ0n) is 6.20. The SMILES string of the molecule is C[C@H]1OC[C@@H](C#N)O[C@@H]1C. The lowest BCUT2D eigenvalue weighted by molar-refractivity contribution is -0.149. The first-order valence-corrected chi connectivity index (χ1v) is 3.40. The average Bonchev–Trinajstić information content (AvgIpc) is 1.95. The summed E-state index contributed by atoms with van der Waals surface area (Å²) in [4.78, 5) is 0. The first-order valence-electron chi connectivity index (χ1n) is 3.40. The minimum atomic E-state index is -0.369. The Morgan fingerprint density at radius 3 is 2.60 bits per heavy atom. The molecule has 3 heteroatoms. The number of rotatable bonds is 0. The summed E-state index contributed by atoms with van der Waals surface area (Å²) in [7, 11) is 0. The van der Waals surface area contributed by atoms with Gasteiger partial charge in [-0.3, -0.25) is 0 Å². The van der Waals surface area contributed by atoms with Crippen LogP contribution in [0.25, 0.3) is 0 Å². The van der Waals surface area contributed by atoms with E-state index in [2.05, 4.69) is 0 Å². The Morgan fingerprint density at radius 1 is 1.40 bits per heavy atom. The molecule has 0 radical (unpaired) electrons. The fourth-order valence-electron chi connectivity index (χ4n) is 0.851. The Morgan fingerprint density at radius 2 is 2.10 bits per heavy atom. The van der Waals surface area contributed by atoms with Crippen LogP contribution in [-0.2, 0) is 9.47 Å². The summed E-state index contributed by atoms with van der Waals surface area (Å²) < 4.78 is 10.5. The Bertz CT molecular complexity index is 152. The summed E-state index contributed by atoms with van der Waals surface area (Å²) in [6.45, 7) is 4.26. The number of hydrogen-bond donors (Lipinski definition) is 0. The van der Waals surface area contributed by atoms with E-state index in [1.807, 2.05) is 19.9 Å². The molecule has 1 saturated heterocycles. The molecule has 0 unspecified atom stereocenters. The first kappa shape index (κ1) is 7.52. The van der Waals surface area contributed by atoms with Crippen molar-refractivity contribution in [1.29, 1.82) is 5.26 Å². The summed E-state index contributed by atoms with van der Waals surface area (Å²) >= 11 is 0. The lowest BCUT2D eigenvalue weighted by Gasteiger charge is -2.29. The molecule has 1 rings (SSSR count). The molecule has 0 aliphatic carbocycles. The second-order valence-electron chi connectivity index (χ2n) is 2.50. The van der Waals surface area contributed by atoms with Gasteiger partial charge in [0.05, 0.1) is 24.9 Å². The van der Waals surface area contributed by atoms with Crippen molar-refractivity contribution in [3.63, 3.8) is 0 Å². The lowest BCUT2D eigenvalue weighted by Crippen LogP contribution is -2.39. The normalized spacial score (nSPS) is 40.7. The van der Waals surface area contributed by atoms with Gasteiger partial charge in [0.2, 0.25) is 0 Å². The molecule has 0 bridgehead atoms. The van der Waals surface area contributed by atoms with Gasteiger partial charge < -0.3 is 9.47 Å². The topological polar surface area (TPSA) is 42.2 Å². The fraction of sp³-hybridized carbons (Fsp3) is 0.857. The second-order valence-corrected chi connectivity index (χ2v) is 2.50. The number of nitrogens with zero attached hydrogens (tertiary/aromatic N) is 1. The fourth-order valence-corrected chi connectivity index (χ4v) is 0.851. The predicted molar refractivity (Wildman–Crippen MR) is 35.4 cm³/mol. The molecule has 56 valence electrons. The van der Waals surface area contributed by atoms with Gasteiger partial charge in [0.1, 0.15) is 0 Å². The summed E-state index contributed by atoms with van der Waals surface area (Å²) in [5.74, 6) is 0. The number of ether oxygens (including phenoxy) is 2. The maximum absolute atomic E-state index is 8.44. The third-order valence-electron chi connectivity index (χ3n) is 1.69. The molecule has 1 aliphatic heterocycles. The summed E-state index contributed by atoms with van der Waals surface area (Å²) in [5, 5.41) is 8.44. The molecule has 0 aromatic rings.